The molecule has 2 aromatic heterocycles. The highest BCUT2D eigenvalue weighted by Gasteiger charge is 2.28. The highest BCUT2D eigenvalue weighted by molar-refractivity contribution is 7.22. The predicted molar refractivity (Wildman–Crippen MR) is 167 cm³/mol. The van der Waals surface area contributed by atoms with Gasteiger partial charge in [-0.3, -0.25) is 4.98 Å². The fourth-order valence-corrected chi connectivity index (χ4v) is 6.23. The molecule has 202 valence electrons. The van der Waals surface area contributed by atoms with Crippen LogP contribution in [-0.4, -0.2) is 22.2 Å². The van der Waals surface area contributed by atoms with Crippen molar-refractivity contribution in [1.29, 1.82) is 5.26 Å². The lowest BCUT2D eigenvalue weighted by Crippen LogP contribution is -2.25. The van der Waals surface area contributed by atoms with Crippen LogP contribution in [0.1, 0.15) is 43.6 Å². The number of aromatic nitrogens is 2. The monoisotopic (exact) mass is 585 g/mol. The molecule has 0 aliphatic carbocycles. The number of fused-ring (bicyclic) bond motifs is 1. The summed E-state index contributed by atoms with van der Waals surface area (Å²) in [5.41, 5.74) is 8.05. The van der Waals surface area contributed by atoms with Crippen molar-refractivity contribution in [2.75, 3.05) is 6.61 Å². The Morgan fingerprint density at radius 1 is 1.02 bits per heavy atom. The van der Waals surface area contributed by atoms with Gasteiger partial charge in [-0.1, -0.05) is 35.9 Å². The van der Waals surface area contributed by atoms with Gasteiger partial charge in [-0.15, -0.1) is 11.3 Å². The molecular weight excluding hydrogens is 557 g/mol. The van der Waals surface area contributed by atoms with E-state index in [0.29, 0.717) is 17.2 Å². The summed E-state index contributed by atoms with van der Waals surface area (Å²) < 4.78 is 13.2. The van der Waals surface area contributed by atoms with Crippen molar-refractivity contribution in [1.82, 2.24) is 9.97 Å². The molecule has 0 saturated heterocycles. The van der Waals surface area contributed by atoms with E-state index in [1.54, 1.807) is 23.6 Å². The van der Waals surface area contributed by atoms with E-state index in [0.717, 1.165) is 54.3 Å². The SMILES string of the molecule is Cc1cc2nc(-c3ccnc(-c4cccc(C#N)c4)c3)sc2c(-c2ccc(Cl)cc2)c1[C@@H](COP)OC(C)(C)C. The molecule has 0 saturated carbocycles. The second-order valence-corrected chi connectivity index (χ2v) is 12.3. The van der Waals surface area contributed by atoms with E-state index in [4.69, 9.17) is 25.8 Å². The van der Waals surface area contributed by atoms with E-state index < -0.39 is 0 Å². The normalized spacial score (nSPS) is 12.4. The topological polar surface area (TPSA) is 68.0 Å². The number of hydrogen-bond donors (Lipinski definition) is 0. The predicted octanol–water partition coefficient (Wildman–Crippen LogP) is 9.19. The summed E-state index contributed by atoms with van der Waals surface area (Å²) in [5.74, 6) is 0. The minimum absolute atomic E-state index is 0.293. The molecule has 2 heterocycles. The molecule has 5 aromatic rings. The Labute approximate surface area is 246 Å². The second-order valence-electron chi connectivity index (χ2n) is 10.5. The number of aryl methyl sites for hydroxylation is 1. The van der Waals surface area contributed by atoms with Crippen LogP contribution in [0.5, 0.6) is 0 Å². The van der Waals surface area contributed by atoms with E-state index >= 15 is 0 Å². The second kappa shape index (κ2) is 11.7. The minimum atomic E-state index is -0.373. The van der Waals surface area contributed by atoms with Gasteiger partial charge < -0.3 is 9.26 Å². The zero-order chi connectivity index (χ0) is 28.4. The molecule has 0 spiro atoms. The Kier molecular flexibility index (Phi) is 8.33. The molecule has 8 heteroatoms. The first-order valence-electron chi connectivity index (χ1n) is 12.8. The first kappa shape index (κ1) is 28.4. The van der Waals surface area contributed by atoms with Gasteiger partial charge in [-0.2, -0.15) is 5.26 Å². The average Bonchev–Trinajstić information content (AvgIpc) is 3.36. The van der Waals surface area contributed by atoms with Gasteiger partial charge in [0, 0.05) is 37.4 Å². The van der Waals surface area contributed by atoms with Gasteiger partial charge >= 0.3 is 0 Å². The number of rotatable bonds is 7. The number of pyridine rings is 1. The Balaban J connectivity index is 1.71. The zero-order valence-corrected chi connectivity index (χ0v) is 25.5. The van der Waals surface area contributed by atoms with E-state index in [9.17, 15) is 5.26 Å². The van der Waals surface area contributed by atoms with Gasteiger partial charge in [0.2, 0.25) is 0 Å². The molecule has 0 aliphatic heterocycles. The van der Waals surface area contributed by atoms with Gasteiger partial charge in [0.15, 0.2) is 0 Å². The van der Waals surface area contributed by atoms with Crippen molar-refractivity contribution < 1.29 is 9.26 Å². The molecule has 0 amide bonds. The Morgan fingerprint density at radius 2 is 1.80 bits per heavy atom. The summed E-state index contributed by atoms with van der Waals surface area (Å²) in [6.07, 6.45) is 1.49. The molecule has 2 atom stereocenters. The van der Waals surface area contributed by atoms with Crippen molar-refractivity contribution in [3.63, 3.8) is 0 Å². The number of hydrogen-bond acceptors (Lipinski definition) is 6. The maximum atomic E-state index is 9.33. The van der Waals surface area contributed by atoms with Crippen LogP contribution in [0.4, 0.5) is 0 Å². The molecule has 5 rings (SSSR count). The number of ether oxygens (including phenoxy) is 1. The summed E-state index contributed by atoms with van der Waals surface area (Å²) in [7, 11) is 2.35. The van der Waals surface area contributed by atoms with Crippen LogP contribution in [-0.2, 0) is 9.26 Å². The quantitative estimate of drug-likeness (QED) is 0.178. The van der Waals surface area contributed by atoms with Crippen LogP contribution in [0.2, 0.25) is 5.02 Å². The van der Waals surface area contributed by atoms with Crippen molar-refractivity contribution in [3.05, 3.63) is 94.6 Å². The third kappa shape index (κ3) is 6.10. The molecule has 0 fully saturated rings. The van der Waals surface area contributed by atoms with Crippen molar-refractivity contribution in [2.45, 2.75) is 39.4 Å². The van der Waals surface area contributed by atoms with Crippen LogP contribution in [0.15, 0.2) is 72.9 Å². The number of halogens is 1. The van der Waals surface area contributed by atoms with E-state index in [-0.39, 0.29) is 11.7 Å². The summed E-state index contributed by atoms with van der Waals surface area (Å²) in [6.45, 7) is 8.64. The van der Waals surface area contributed by atoms with Crippen molar-refractivity contribution in [3.8, 4) is 39.0 Å². The number of thiazole rings is 1. The van der Waals surface area contributed by atoms with E-state index in [1.807, 2.05) is 54.6 Å². The number of nitrogens with zero attached hydrogens (tertiary/aromatic N) is 3. The largest absolute Gasteiger partial charge is 0.365 e. The molecule has 0 aliphatic rings. The highest BCUT2D eigenvalue weighted by Crippen LogP contribution is 2.44. The van der Waals surface area contributed by atoms with Crippen LogP contribution in [0.3, 0.4) is 0 Å². The zero-order valence-electron chi connectivity index (χ0n) is 22.7. The molecular formula is C32H29ClN3O2PS. The standard InChI is InChI=1S/C32H29ClN3O2PS/c1-19-14-26-30(29(21-8-10-24(33)11-9-21)28(19)27(18-37-39)38-32(2,3)4)40-31(36-26)23-12-13-35-25(16-23)22-7-5-6-20(15-22)17-34/h5-16,27H,18,39H2,1-4H3/t27-/m1/s1. The lowest BCUT2D eigenvalue weighted by atomic mass is 9.91. The van der Waals surface area contributed by atoms with Gasteiger partial charge in [-0.05, 0) is 86.8 Å². The third-order valence-corrected chi connectivity index (χ3v) is 8.00. The fourth-order valence-electron chi connectivity index (χ4n) is 4.81. The van der Waals surface area contributed by atoms with Crippen molar-refractivity contribution in [2.24, 2.45) is 0 Å². The van der Waals surface area contributed by atoms with Gasteiger partial charge in [-0.25, -0.2) is 4.98 Å². The highest BCUT2D eigenvalue weighted by atomic mass is 35.5. The Bertz CT molecular complexity index is 1720. The van der Waals surface area contributed by atoms with Crippen LogP contribution < -0.4 is 0 Å². The van der Waals surface area contributed by atoms with E-state index in [2.05, 4.69) is 54.3 Å². The van der Waals surface area contributed by atoms with Crippen LogP contribution in [0, 0.1) is 18.3 Å². The molecule has 3 aromatic carbocycles. The molecule has 0 radical (unpaired) electrons. The maximum Gasteiger partial charge on any atom is 0.124 e. The average molecular weight is 586 g/mol. The molecule has 1 unspecified atom stereocenters. The lowest BCUT2D eigenvalue weighted by Gasteiger charge is -2.30. The molecule has 40 heavy (non-hydrogen) atoms. The number of nitriles is 1. The summed E-state index contributed by atoms with van der Waals surface area (Å²) in [4.78, 5) is 9.64. The summed E-state index contributed by atoms with van der Waals surface area (Å²) in [6, 6.07) is 23.7. The summed E-state index contributed by atoms with van der Waals surface area (Å²) in [5, 5.41) is 10.9. The summed E-state index contributed by atoms with van der Waals surface area (Å²) >= 11 is 7.91. The smallest absolute Gasteiger partial charge is 0.124 e. The first-order chi connectivity index (χ1) is 19.2. The van der Waals surface area contributed by atoms with Crippen LogP contribution >= 0.6 is 32.4 Å². The Morgan fingerprint density at radius 3 is 2.50 bits per heavy atom. The molecule has 5 nitrogen and oxygen atoms in total. The Hall–Kier alpha value is -3.17. The maximum absolute atomic E-state index is 9.33. The molecule has 0 bridgehead atoms. The lowest BCUT2D eigenvalue weighted by molar-refractivity contribution is -0.0761. The third-order valence-electron chi connectivity index (χ3n) is 6.42. The molecule has 0 N–H and O–H groups in total. The van der Waals surface area contributed by atoms with Gasteiger partial charge in [0.25, 0.3) is 0 Å². The van der Waals surface area contributed by atoms with Crippen molar-refractivity contribution >= 4 is 42.6 Å². The minimum Gasteiger partial charge on any atom is -0.365 e. The van der Waals surface area contributed by atoms with Gasteiger partial charge in [0.05, 0.1) is 39.8 Å². The van der Waals surface area contributed by atoms with Gasteiger partial charge in [0.1, 0.15) is 11.1 Å². The first-order valence-corrected chi connectivity index (χ1v) is 14.5. The van der Waals surface area contributed by atoms with E-state index in [1.165, 1.54) is 0 Å². The van der Waals surface area contributed by atoms with Crippen LogP contribution in [0.25, 0.3) is 43.2 Å². The fraction of sp³-hybridized carbons (Fsp3) is 0.219. The number of benzene rings is 3.